The summed E-state index contributed by atoms with van der Waals surface area (Å²) in [5, 5.41) is 3.67. The molecule has 1 N–H and O–H groups in total. The molecule has 2 saturated heterocycles. The van der Waals surface area contributed by atoms with E-state index >= 15 is 0 Å². The lowest BCUT2D eigenvalue weighted by atomic mass is 9.85. The van der Waals surface area contributed by atoms with Gasteiger partial charge in [-0.2, -0.15) is 11.8 Å². The summed E-state index contributed by atoms with van der Waals surface area (Å²) in [6.45, 7) is 5.42. The standard InChI is InChI=1S/C12H23NOS/c1-10(2)13-11-3-6-14-12(9-11)4-7-15-8-5-12/h10-11,13H,3-9H2,1-2H3. The molecule has 0 amide bonds. The molecule has 0 radical (unpaired) electrons. The van der Waals surface area contributed by atoms with E-state index in [-0.39, 0.29) is 5.60 Å². The first-order valence-corrected chi connectivity index (χ1v) is 7.33. The van der Waals surface area contributed by atoms with Crippen LogP contribution >= 0.6 is 11.8 Å². The second-order valence-electron chi connectivity index (χ2n) is 5.15. The molecule has 3 heteroatoms. The van der Waals surface area contributed by atoms with Gasteiger partial charge in [-0.25, -0.2) is 0 Å². The first kappa shape index (κ1) is 11.7. The zero-order chi connectivity index (χ0) is 10.7. The predicted octanol–water partition coefficient (Wildman–Crippen LogP) is 2.43. The lowest BCUT2D eigenvalue weighted by molar-refractivity contribution is -0.0938. The highest BCUT2D eigenvalue weighted by Gasteiger charge is 2.38. The molecule has 1 unspecified atom stereocenters. The van der Waals surface area contributed by atoms with Crippen molar-refractivity contribution in [2.24, 2.45) is 0 Å². The topological polar surface area (TPSA) is 21.3 Å². The van der Waals surface area contributed by atoms with Crippen LogP contribution in [0.1, 0.15) is 39.5 Å². The van der Waals surface area contributed by atoms with Crippen LogP contribution in [0.25, 0.3) is 0 Å². The first-order valence-electron chi connectivity index (χ1n) is 6.18. The molecule has 0 aromatic rings. The Balaban J connectivity index is 1.90. The van der Waals surface area contributed by atoms with Gasteiger partial charge in [0, 0.05) is 18.7 Å². The average molecular weight is 229 g/mol. The van der Waals surface area contributed by atoms with E-state index < -0.39 is 0 Å². The van der Waals surface area contributed by atoms with Crippen LogP contribution < -0.4 is 5.32 Å². The van der Waals surface area contributed by atoms with E-state index in [1.807, 2.05) is 0 Å². The summed E-state index contributed by atoms with van der Waals surface area (Å²) >= 11 is 2.08. The Hall–Kier alpha value is 0.270. The van der Waals surface area contributed by atoms with E-state index in [0.29, 0.717) is 12.1 Å². The minimum atomic E-state index is 0.232. The van der Waals surface area contributed by atoms with Gasteiger partial charge in [0.1, 0.15) is 0 Å². The van der Waals surface area contributed by atoms with Gasteiger partial charge in [0.2, 0.25) is 0 Å². The molecule has 2 rings (SSSR count). The molecule has 0 aliphatic carbocycles. The highest BCUT2D eigenvalue weighted by Crippen LogP contribution is 2.37. The van der Waals surface area contributed by atoms with Gasteiger partial charge in [-0.05, 0) is 37.2 Å². The van der Waals surface area contributed by atoms with Crippen LogP contribution in [0.5, 0.6) is 0 Å². The van der Waals surface area contributed by atoms with Gasteiger partial charge in [0.15, 0.2) is 0 Å². The van der Waals surface area contributed by atoms with E-state index in [9.17, 15) is 0 Å². The number of nitrogens with one attached hydrogen (secondary N) is 1. The normalized spacial score (nSPS) is 31.0. The fourth-order valence-corrected chi connectivity index (χ4v) is 3.97. The fraction of sp³-hybridized carbons (Fsp3) is 1.00. The zero-order valence-corrected chi connectivity index (χ0v) is 10.7. The van der Waals surface area contributed by atoms with Crippen molar-refractivity contribution in [1.29, 1.82) is 0 Å². The molecule has 2 heterocycles. The molecule has 0 saturated carbocycles. The second kappa shape index (κ2) is 5.07. The summed E-state index contributed by atoms with van der Waals surface area (Å²) < 4.78 is 6.06. The SMILES string of the molecule is CC(C)NC1CCOC2(CCSCC2)C1. The lowest BCUT2D eigenvalue weighted by Crippen LogP contribution is -2.50. The number of ether oxygens (including phenoxy) is 1. The van der Waals surface area contributed by atoms with Gasteiger partial charge < -0.3 is 10.1 Å². The van der Waals surface area contributed by atoms with Gasteiger partial charge in [-0.15, -0.1) is 0 Å². The Morgan fingerprint density at radius 3 is 2.73 bits per heavy atom. The Bertz CT molecular complexity index is 196. The van der Waals surface area contributed by atoms with Crippen LogP contribution in [0.4, 0.5) is 0 Å². The van der Waals surface area contributed by atoms with Crippen LogP contribution in [-0.4, -0.2) is 35.8 Å². The van der Waals surface area contributed by atoms with Crippen molar-refractivity contribution >= 4 is 11.8 Å². The van der Waals surface area contributed by atoms with Crippen molar-refractivity contribution in [2.45, 2.75) is 57.2 Å². The summed E-state index contributed by atoms with van der Waals surface area (Å²) in [7, 11) is 0. The third-order valence-corrected chi connectivity index (χ3v) is 4.45. The van der Waals surface area contributed by atoms with Crippen molar-refractivity contribution in [3.05, 3.63) is 0 Å². The van der Waals surface area contributed by atoms with Crippen LogP contribution in [0.2, 0.25) is 0 Å². The van der Waals surface area contributed by atoms with Crippen LogP contribution in [0.3, 0.4) is 0 Å². The number of rotatable bonds is 2. The first-order chi connectivity index (χ1) is 7.20. The number of hydrogen-bond acceptors (Lipinski definition) is 3. The zero-order valence-electron chi connectivity index (χ0n) is 9.92. The maximum absolute atomic E-state index is 6.06. The molecule has 0 bridgehead atoms. The Morgan fingerprint density at radius 2 is 2.07 bits per heavy atom. The molecule has 2 aliphatic heterocycles. The van der Waals surface area contributed by atoms with E-state index in [1.54, 1.807) is 0 Å². The van der Waals surface area contributed by atoms with E-state index in [4.69, 9.17) is 4.74 Å². The van der Waals surface area contributed by atoms with E-state index in [1.165, 1.54) is 37.2 Å². The summed E-state index contributed by atoms with van der Waals surface area (Å²) in [6.07, 6.45) is 4.93. The molecule has 0 aromatic heterocycles. The molecule has 15 heavy (non-hydrogen) atoms. The molecule has 88 valence electrons. The van der Waals surface area contributed by atoms with Gasteiger partial charge >= 0.3 is 0 Å². The molecule has 0 aromatic carbocycles. The summed E-state index contributed by atoms with van der Waals surface area (Å²) in [5.74, 6) is 2.57. The average Bonchev–Trinajstić information content (AvgIpc) is 2.17. The molecule has 1 atom stereocenters. The lowest BCUT2D eigenvalue weighted by Gasteiger charge is -2.44. The molecular formula is C12H23NOS. The molecule has 2 aliphatic rings. The second-order valence-corrected chi connectivity index (χ2v) is 6.38. The van der Waals surface area contributed by atoms with Crippen molar-refractivity contribution < 1.29 is 4.74 Å². The highest BCUT2D eigenvalue weighted by atomic mass is 32.2. The number of hydrogen-bond donors (Lipinski definition) is 1. The van der Waals surface area contributed by atoms with Gasteiger partial charge in [0.25, 0.3) is 0 Å². The molecule has 2 fully saturated rings. The van der Waals surface area contributed by atoms with Crippen LogP contribution in [-0.2, 0) is 4.74 Å². The Labute approximate surface area is 97.5 Å². The quantitative estimate of drug-likeness (QED) is 0.786. The van der Waals surface area contributed by atoms with Crippen molar-refractivity contribution in [2.75, 3.05) is 18.1 Å². The van der Waals surface area contributed by atoms with Crippen LogP contribution in [0, 0.1) is 0 Å². The summed E-state index contributed by atoms with van der Waals surface area (Å²) in [5.41, 5.74) is 0.232. The van der Waals surface area contributed by atoms with Crippen molar-refractivity contribution in [3.63, 3.8) is 0 Å². The molecular weight excluding hydrogens is 206 g/mol. The number of thioether (sulfide) groups is 1. The maximum Gasteiger partial charge on any atom is 0.0713 e. The minimum absolute atomic E-state index is 0.232. The highest BCUT2D eigenvalue weighted by molar-refractivity contribution is 7.99. The maximum atomic E-state index is 6.06. The monoisotopic (exact) mass is 229 g/mol. The third kappa shape index (κ3) is 3.11. The predicted molar refractivity (Wildman–Crippen MR) is 66.5 cm³/mol. The largest absolute Gasteiger partial charge is 0.375 e. The summed E-state index contributed by atoms with van der Waals surface area (Å²) in [6, 6.07) is 1.28. The van der Waals surface area contributed by atoms with Crippen molar-refractivity contribution in [3.8, 4) is 0 Å². The smallest absolute Gasteiger partial charge is 0.0713 e. The van der Waals surface area contributed by atoms with Crippen molar-refractivity contribution in [1.82, 2.24) is 5.32 Å². The molecule has 1 spiro atoms. The Morgan fingerprint density at radius 1 is 1.33 bits per heavy atom. The fourth-order valence-electron chi connectivity index (χ4n) is 2.73. The third-order valence-electron chi connectivity index (χ3n) is 3.47. The van der Waals surface area contributed by atoms with E-state index in [0.717, 1.165) is 6.61 Å². The Kier molecular flexibility index (Phi) is 3.97. The van der Waals surface area contributed by atoms with Gasteiger partial charge in [-0.3, -0.25) is 0 Å². The van der Waals surface area contributed by atoms with Gasteiger partial charge in [-0.1, -0.05) is 13.8 Å². The molecule has 2 nitrogen and oxygen atoms in total. The summed E-state index contributed by atoms with van der Waals surface area (Å²) in [4.78, 5) is 0. The minimum Gasteiger partial charge on any atom is -0.375 e. The van der Waals surface area contributed by atoms with E-state index in [2.05, 4.69) is 30.9 Å². The van der Waals surface area contributed by atoms with Gasteiger partial charge in [0.05, 0.1) is 5.60 Å². The van der Waals surface area contributed by atoms with Crippen LogP contribution in [0.15, 0.2) is 0 Å².